The summed E-state index contributed by atoms with van der Waals surface area (Å²) in [6, 6.07) is 8.64. The van der Waals surface area contributed by atoms with E-state index in [1.165, 1.54) is 11.4 Å². The number of nitrogens with two attached hydrogens (primary N) is 1. The van der Waals surface area contributed by atoms with Gasteiger partial charge in [-0.3, -0.25) is 0 Å². The van der Waals surface area contributed by atoms with Crippen molar-refractivity contribution in [3.05, 3.63) is 24.3 Å². The molecule has 2 aliphatic heterocycles. The van der Waals surface area contributed by atoms with Crippen molar-refractivity contribution in [3.8, 4) is 0 Å². The van der Waals surface area contributed by atoms with E-state index in [0.717, 1.165) is 32.7 Å². The smallest absolute Gasteiger partial charge is 0.0609 e. The lowest BCUT2D eigenvalue weighted by atomic mass is 9.82. The Labute approximate surface area is 121 Å². The van der Waals surface area contributed by atoms with Crippen molar-refractivity contribution in [2.75, 3.05) is 49.7 Å². The predicted octanol–water partition coefficient (Wildman–Crippen LogP) is 1.70. The molecule has 1 aromatic carbocycles. The average Bonchev–Trinajstić information content (AvgIpc) is 3.02. The van der Waals surface area contributed by atoms with Crippen molar-refractivity contribution in [1.29, 1.82) is 0 Å². The van der Waals surface area contributed by atoms with Crippen molar-refractivity contribution in [2.45, 2.75) is 18.9 Å². The zero-order valence-electron chi connectivity index (χ0n) is 12.5. The maximum atomic E-state index is 6.20. The van der Waals surface area contributed by atoms with Crippen LogP contribution in [-0.4, -0.2) is 45.4 Å². The Morgan fingerprint density at radius 1 is 1.30 bits per heavy atom. The molecule has 4 heteroatoms. The monoisotopic (exact) mass is 275 g/mol. The quantitative estimate of drug-likeness (QED) is 0.911. The molecule has 2 atom stereocenters. The molecular weight excluding hydrogens is 250 g/mol. The van der Waals surface area contributed by atoms with Gasteiger partial charge in [-0.05, 0) is 25.5 Å². The van der Waals surface area contributed by atoms with E-state index >= 15 is 0 Å². The second kappa shape index (κ2) is 5.26. The van der Waals surface area contributed by atoms with Crippen LogP contribution in [0.2, 0.25) is 0 Å². The van der Waals surface area contributed by atoms with E-state index in [4.69, 9.17) is 10.5 Å². The van der Waals surface area contributed by atoms with E-state index in [1.807, 2.05) is 0 Å². The van der Waals surface area contributed by atoms with Crippen molar-refractivity contribution in [2.24, 2.45) is 11.7 Å². The summed E-state index contributed by atoms with van der Waals surface area (Å²) in [6.07, 6.45) is 1.11. The normalized spacial score (nSPS) is 25.4. The number of benzene rings is 1. The lowest BCUT2D eigenvalue weighted by Crippen LogP contribution is -2.60. The summed E-state index contributed by atoms with van der Waals surface area (Å²) >= 11 is 0. The fraction of sp³-hybridized carbons (Fsp3) is 0.625. The van der Waals surface area contributed by atoms with Crippen molar-refractivity contribution < 1.29 is 4.74 Å². The highest BCUT2D eigenvalue weighted by Crippen LogP contribution is 2.40. The van der Waals surface area contributed by atoms with Crippen molar-refractivity contribution in [1.82, 2.24) is 0 Å². The largest absolute Gasteiger partial charge is 0.381 e. The maximum absolute atomic E-state index is 6.20. The summed E-state index contributed by atoms with van der Waals surface area (Å²) < 4.78 is 5.61. The Hall–Kier alpha value is -1.26. The third-order valence-electron chi connectivity index (χ3n) is 5.08. The van der Waals surface area contributed by atoms with Crippen LogP contribution < -0.4 is 15.5 Å². The topological polar surface area (TPSA) is 41.7 Å². The lowest BCUT2D eigenvalue weighted by molar-refractivity contribution is 0.164. The standard InChI is InChI=1S/C16H25N3O/c1-16(12-17,13-7-10-20-11-13)19-9-8-18(2)14-5-3-4-6-15(14)19/h3-6,13H,7-12,17H2,1-2H3. The number of anilines is 2. The Morgan fingerprint density at radius 3 is 2.70 bits per heavy atom. The molecule has 2 aliphatic rings. The molecule has 0 amide bonds. The van der Waals surface area contributed by atoms with E-state index in [2.05, 4.69) is 48.0 Å². The van der Waals surface area contributed by atoms with Gasteiger partial charge in [0, 0.05) is 39.2 Å². The highest BCUT2D eigenvalue weighted by Gasteiger charge is 2.42. The fourth-order valence-electron chi connectivity index (χ4n) is 3.56. The first-order chi connectivity index (χ1) is 9.66. The molecule has 4 nitrogen and oxygen atoms in total. The predicted molar refractivity (Wildman–Crippen MR) is 83.4 cm³/mol. The van der Waals surface area contributed by atoms with Gasteiger partial charge in [0.1, 0.15) is 0 Å². The molecule has 0 saturated carbocycles. The van der Waals surface area contributed by atoms with Gasteiger partial charge in [-0.15, -0.1) is 0 Å². The van der Waals surface area contributed by atoms with Crippen molar-refractivity contribution in [3.63, 3.8) is 0 Å². The molecule has 3 rings (SSSR count). The van der Waals surface area contributed by atoms with Gasteiger partial charge in [0.15, 0.2) is 0 Å². The van der Waals surface area contributed by atoms with Crippen LogP contribution in [0.15, 0.2) is 24.3 Å². The molecule has 0 aromatic heterocycles. The van der Waals surface area contributed by atoms with Crippen molar-refractivity contribution >= 4 is 11.4 Å². The second-order valence-corrected chi connectivity index (χ2v) is 6.18. The minimum atomic E-state index is -0.0200. The number of hydrogen-bond acceptors (Lipinski definition) is 4. The molecule has 0 bridgehead atoms. The van der Waals surface area contributed by atoms with Crippen LogP contribution >= 0.6 is 0 Å². The fourth-order valence-corrected chi connectivity index (χ4v) is 3.56. The van der Waals surface area contributed by atoms with Crippen LogP contribution in [-0.2, 0) is 4.74 Å². The molecule has 2 unspecified atom stereocenters. The van der Waals surface area contributed by atoms with E-state index < -0.39 is 0 Å². The number of fused-ring (bicyclic) bond motifs is 1. The average molecular weight is 275 g/mol. The first-order valence-electron chi connectivity index (χ1n) is 7.52. The van der Waals surface area contributed by atoms with Gasteiger partial charge < -0.3 is 20.3 Å². The number of likely N-dealkylation sites (N-methyl/N-ethyl adjacent to an activating group) is 1. The minimum absolute atomic E-state index is 0.0200. The lowest BCUT2D eigenvalue weighted by Gasteiger charge is -2.50. The van der Waals surface area contributed by atoms with Crippen LogP contribution in [0.4, 0.5) is 11.4 Å². The van der Waals surface area contributed by atoms with Crippen LogP contribution in [0.5, 0.6) is 0 Å². The zero-order chi connectivity index (χ0) is 14.2. The summed E-state index contributed by atoms with van der Waals surface area (Å²) in [4.78, 5) is 4.84. The van der Waals surface area contributed by atoms with Gasteiger partial charge in [-0.25, -0.2) is 0 Å². The molecule has 2 N–H and O–H groups in total. The second-order valence-electron chi connectivity index (χ2n) is 6.18. The number of ether oxygens (including phenoxy) is 1. The number of nitrogens with zero attached hydrogens (tertiary/aromatic N) is 2. The number of hydrogen-bond donors (Lipinski definition) is 1. The van der Waals surface area contributed by atoms with E-state index in [1.54, 1.807) is 0 Å². The van der Waals surface area contributed by atoms with E-state index in [9.17, 15) is 0 Å². The Morgan fingerprint density at radius 2 is 2.05 bits per heavy atom. The number of para-hydroxylation sites is 2. The first kappa shape index (κ1) is 13.7. The highest BCUT2D eigenvalue weighted by atomic mass is 16.5. The molecule has 20 heavy (non-hydrogen) atoms. The number of rotatable bonds is 3. The van der Waals surface area contributed by atoms with Crippen LogP contribution in [0.25, 0.3) is 0 Å². The minimum Gasteiger partial charge on any atom is -0.381 e. The Kier molecular flexibility index (Phi) is 3.61. The first-order valence-corrected chi connectivity index (χ1v) is 7.52. The molecule has 1 aromatic rings. The van der Waals surface area contributed by atoms with Crippen LogP contribution in [0.1, 0.15) is 13.3 Å². The SMILES string of the molecule is CN1CCN(C(C)(CN)C2CCOC2)c2ccccc21. The molecule has 1 fully saturated rings. The van der Waals surface area contributed by atoms with E-state index in [0.29, 0.717) is 12.5 Å². The molecule has 1 saturated heterocycles. The molecule has 0 radical (unpaired) electrons. The maximum Gasteiger partial charge on any atom is 0.0609 e. The van der Waals surface area contributed by atoms with Crippen LogP contribution in [0, 0.1) is 5.92 Å². The summed E-state index contributed by atoms with van der Waals surface area (Å²) in [5.41, 5.74) is 8.79. The summed E-state index contributed by atoms with van der Waals surface area (Å²) in [6.45, 7) is 6.74. The summed E-state index contributed by atoms with van der Waals surface area (Å²) in [5, 5.41) is 0. The Bertz CT molecular complexity index is 473. The highest BCUT2D eigenvalue weighted by molar-refractivity contribution is 5.74. The third-order valence-corrected chi connectivity index (χ3v) is 5.08. The van der Waals surface area contributed by atoms with E-state index in [-0.39, 0.29) is 5.54 Å². The zero-order valence-corrected chi connectivity index (χ0v) is 12.5. The molecular formula is C16H25N3O. The van der Waals surface area contributed by atoms with Gasteiger partial charge in [0.2, 0.25) is 0 Å². The van der Waals surface area contributed by atoms with Gasteiger partial charge >= 0.3 is 0 Å². The van der Waals surface area contributed by atoms with Gasteiger partial charge in [-0.1, -0.05) is 12.1 Å². The summed E-state index contributed by atoms with van der Waals surface area (Å²) in [7, 11) is 2.16. The van der Waals surface area contributed by atoms with Gasteiger partial charge in [0.05, 0.1) is 23.5 Å². The van der Waals surface area contributed by atoms with Gasteiger partial charge in [0.25, 0.3) is 0 Å². The third kappa shape index (κ3) is 2.07. The van der Waals surface area contributed by atoms with Gasteiger partial charge in [-0.2, -0.15) is 0 Å². The molecule has 2 heterocycles. The molecule has 0 aliphatic carbocycles. The van der Waals surface area contributed by atoms with Crippen LogP contribution in [0.3, 0.4) is 0 Å². The Balaban J connectivity index is 1.98. The molecule has 110 valence electrons. The molecule has 0 spiro atoms. The summed E-state index contributed by atoms with van der Waals surface area (Å²) in [5.74, 6) is 0.518.